The van der Waals surface area contributed by atoms with E-state index in [1.165, 1.54) is 0 Å². The summed E-state index contributed by atoms with van der Waals surface area (Å²) in [6, 6.07) is 1.29. The van der Waals surface area contributed by atoms with Gasteiger partial charge in [0, 0.05) is 0 Å². The number of alkyl halides is 15. The molecule has 0 radical (unpaired) electrons. The average Bonchev–Trinajstić information content (AvgIpc) is 2.70. The molecule has 0 heterocycles. The fraction of sp³-hybridized carbons (Fsp3) is 0.467. The van der Waals surface area contributed by atoms with Crippen molar-refractivity contribution in [2.24, 2.45) is 0 Å². The summed E-state index contributed by atoms with van der Waals surface area (Å²) in [5.41, 5.74) is 0. The largest absolute Gasteiger partial charge is 1.00 e. The molecule has 0 fully saturated rings. The number of halogens is 17. The van der Waals surface area contributed by atoms with Crippen LogP contribution in [0.1, 0.15) is 0 Å². The van der Waals surface area contributed by atoms with Crippen molar-refractivity contribution in [1.82, 2.24) is 0 Å². The minimum Gasteiger partial charge on any atom is -0.744 e. The van der Waals surface area contributed by atoms with E-state index in [1.54, 1.807) is 0 Å². The molecule has 214 valence electrons. The molecule has 0 N–H and O–H groups in total. The fourth-order valence-electron chi connectivity index (χ4n) is 2.10. The normalized spacial score (nSPS) is 15.5. The first-order chi connectivity index (χ1) is 16.0. The Labute approximate surface area is 241 Å². The van der Waals surface area contributed by atoms with Crippen molar-refractivity contribution in [3.8, 4) is 5.75 Å². The van der Waals surface area contributed by atoms with E-state index in [0.29, 0.717) is 12.1 Å². The second kappa shape index (κ2) is 10.8. The van der Waals surface area contributed by atoms with Gasteiger partial charge in [-0.2, -0.15) is 70.2 Å². The first kappa shape index (κ1) is 37.1. The van der Waals surface area contributed by atoms with Gasteiger partial charge in [0.1, 0.15) is 15.9 Å². The van der Waals surface area contributed by atoms with E-state index in [2.05, 4.69) is 4.74 Å². The second-order valence-corrected chi connectivity index (χ2v) is 7.87. The molecule has 1 rings (SSSR count). The van der Waals surface area contributed by atoms with Crippen LogP contribution in [0.4, 0.5) is 74.6 Å². The maximum absolute atomic E-state index is 13.7. The van der Waals surface area contributed by atoms with Gasteiger partial charge in [0.25, 0.3) is 0 Å². The Morgan fingerprint density at radius 2 is 1.05 bits per heavy atom. The second-order valence-electron chi connectivity index (χ2n) is 6.52. The van der Waals surface area contributed by atoms with Crippen molar-refractivity contribution in [3.05, 3.63) is 35.9 Å². The Balaban J connectivity index is 0.0000137. The van der Waals surface area contributed by atoms with Crippen molar-refractivity contribution in [3.63, 3.8) is 0 Å². The number of hydrogen-bond acceptors (Lipinski definition) is 4. The van der Waals surface area contributed by atoms with Crippen LogP contribution < -0.4 is 56.1 Å². The van der Waals surface area contributed by atoms with E-state index < -0.39 is 74.3 Å². The van der Waals surface area contributed by atoms with E-state index in [-0.39, 0.29) is 63.5 Å². The molecule has 0 bridgehead atoms. The van der Waals surface area contributed by atoms with Crippen LogP contribution in [0.3, 0.4) is 0 Å². The number of hydrogen-bond donors (Lipinski definition) is 0. The number of rotatable bonds is 9. The van der Waals surface area contributed by atoms with Gasteiger partial charge in [-0.05, 0) is 12.1 Å². The number of benzene rings is 1. The van der Waals surface area contributed by atoms with E-state index in [9.17, 15) is 87.6 Å². The number of allylic oxidation sites excluding steroid dienone is 1. The molecule has 0 atom stereocenters. The molecule has 0 spiro atoms. The van der Waals surface area contributed by atoms with Gasteiger partial charge in [0.15, 0.2) is 0 Å². The Hall–Kier alpha value is -0.884. The summed E-state index contributed by atoms with van der Waals surface area (Å²) in [5.74, 6) is -53.7. The van der Waals surface area contributed by atoms with Crippen LogP contribution in [0.5, 0.6) is 5.75 Å². The Morgan fingerprint density at radius 1 is 0.658 bits per heavy atom. The zero-order chi connectivity index (χ0) is 29.8. The van der Waals surface area contributed by atoms with Crippen LogP contribution >= 0.6 is 0 Å². The minimum absolute atomic E-state index is 0. The van der Waals surface area contributed by atoms with Crippen LogP contribution in [0.15, 0.2) is 40.8 Å². The van der Waals surface area contributed by atoms with Crippen LogP contribution in [-0.2, 0) is 10.1 Å². The first-order valence-electron chi connectivity index (χ1n) is 8.15. The van der Waals surface area contributed by atoms with E-state index in [0.717, 1.165) is 0 Å². The monoisotopic (exact) mass is 642 g/mol. The number of para-hydroxylation sites is 1. The first-order valence-corrected chi connectivity index (χ1v) is 9.56. The van der Waals surface area contributed by atoms with Crippen molar-refractivity contribution in [2.75, 3.05) is 0 Å². The van der Waals surface area contributed by atoms with Crippen molar-refractivity contribution in [1.29, 1.82) is 0 Å². The number of ether oxygens (including phenoxy) is 1. The molecule has 38 heavy (non-hydrogen) atoms. The van der Waals surface area contributed by atoms with Gasteiger partial charge in [0.2, 0.25) is 11.7 Å². The topological polar surface area (TPSA) is 66.4 Å². The SMILES string of the molecule is O=S(=O)([O-])c1ccccc1OC(F)(F)/C(F)=C(\F)C(F)(F)C(F)(F)C(F)(F)C(F)(F)C(F)(F)C(F)(F)F.[K+]. The summed E-state index contributed by atoms with van der Waals surface area (Å²) in [5, 5.41) is 0. The maximum Gasteiger partial charge on any atom is 1.00 e. The van der Waals surface area contributed by atoms with E-state index in [4.69, 9.17) is 0 Å². The maximum atomic E-state index is 13.7. The molecular formula is C15H4F17KO4S. The molecule has 1 aromatic rings. The smallest absolute Gasteiger partial charge is 0.744 e. The molecular weight excluding hydrogens is 638 g/mol. The van der Waals surface area contributed by atoms with Crippen LogP contribution in [0.2, 0.25) is 0 Å². The minimum atomic E-state index is -8.63. The van der Waals surface area contributed by atoms with Crippen LogP contribution in [-0.4, -0.2) is 54.9 Å². The average molecular weight is 642 g/mol. The zero-order valence-corrected chi connectivity index (χ0v) is 21.2. The third kappa shape index (κ3) is 6.06. The van der Waals surface area contributed by atoms with Gasteiger partial charge < -0.3 is 9.29 Å². The van der Waals surface area contributed by atoms with Crippen molar-refractivity contribution < 1.29 is 144 Å². The van der Waals surface area contributed by atoms with Crippen LogP contribution in [0.25, 0.3) is 0 Å². The van der Waals surface area contributed by atoms with Gasteiger partial charge in [-0.25, -0.2) is 12.8 Å². The predicted molar refractivity (Wildman–Crippen MR) is 80.0 cm³/mol. The van der Waals surface area contributed by atoms with Gasteiger partial charge in [-0.1, -0.05) is 12.1 Å². The Morgan fingerprint density at radius 3 is 1.45 bits per heavy atom. The predicted octanol–water partition coefficient (Wildman–Crippen LogP) is 3.46. The van der Waals surface area contributed by atoms with Gasteiger partial charge in [-0.3, -0.25) is 0 Å². The standard InChI is InChI=1S/C15H5F17O4S.K/c16-7(8(17)10(20,21)36-5-3-1-2-4-6(5)37(33,34)35)9(18,19)11(22,23)12(24,25)13(26,27)14(28,29)15(30,31)32;/h1-4H,(H,33,34,35);/q;+1/p-1/b8-7+;. The molecule has 0 saturated carbocycles. The molecule has 0 aromatic heterocycles. The van der Waals surface area contributed by atoms with Crippen molar-refractivity contribution in [2.45, 2.75) is 46.8 Å². The van der Waals surface area contributed by atoms with E-state index >= 15 is 0 Å². The third-order valence-electron chi connectivity index (χ3n) is 4.01. The third-order valence-corrected chi connectivity index (χ3v) is 4.89. The summed E-state index contributed by atoms with van der Waals surface area (Å²) < 4.78 is 259. The molecule has 0 amide bonds. The summed E-state index contributed by atoms with van der Waals surface area (Å²) in [7, 11) is -5.82. The summed E-state index contributed by atoms with van der Waals surface area (Å²) >= 11 is 0. The molecule has 0 aliphatic heterocycles. The summed E-state index contributed by atoms with van der Waals surface area (Å²) in [6.07, 6.45) is -14.3. The quantitative estimate of drug-likeness (QED) is 0.235. The fourth-order valence-corrected chi connectivity index (χ4v) is 2.70. The van der Waals surface area contributed by atoms with Gasteiger partial charge in [0.05, 0.1) is 4.90 Å². The molecule has 0 aliphatic rings. The summed E-state index contributed by atoms with van der Waals surface area (Å²) in [4.78, 5) is -1.85. The zero-order valence-electron chi connectivity index (χ0n) is 17.3. The Bertz CT molecular complexity index is 1160. The molecule has 0 aliphatic carbocycles. The van der Waals surface area contributed by atoms with Gasteiger partial charge in [-0.15, -0.1) is 0 Å². The molecule has 23 heteroatoms. The van der Waals surface area contributed by atoms with Crippen molar-refractivity contribution >= 4 is 10.1 Å². The van der Waals surface area contributed by atoms with Gasteiger partial charge >= 0.3 is 93.3 Å². The summed E-state index contributed by atoms with van der Waals surface area (Å²) in [6.45, 7) is 0. The molecule has 0 saturated heterocycles. The molecule has 1 aromatic carbocycles. The van der Waals surface area contributed by atoms with Crippen LogP contribution in [0, 0.1) is 0 Å². The molecule has 4 nitrogen and oxygen atoms in total. The van der Waals surface area contributed by atoms with E-state index in [1.807, 2.05) is 0 Å². The molecule has 0 unspecified atom stereocenters. The Kier molecular flexibility index (Phi) is 10.6.